The van der Waals surface area contributed by atoms with E-state index in [1.54, 1.807) is 0 Å². The van der Waals surface area contributed by atoms with Gasteiger partial charge >= 0.3 is 0 Å². The normalized spacial score (nSPS) is 21.6. The number of benzene rings is 1. The van der Waals surface area contributed by atoms with Crippen LogP contribution < -0.4 is 0 Å². The molecule has 0 bridgehead atoms. The molecule has 1 nitrogen and oxygen atoms in total. The third kappa shape index (κ3) is 2.96. The molecule has 0 spiro atoms. The van der Waals surface area contributed by atoms with Crippen LogP contribution in [0.1, 0.15) is 63.5 Å². The van der Waals surface area contributed by atoms with Crippen molar-refractivity contribution in [1.82, 2.24) is 0 Å². The minimum atomic E-state index is 0.209. The van der Waals surface area contributed by atoms with Gasteiger partial charge in [0.05, 0.1) is 0 Å². The van der Waals surface area contributed by atoms with E-state index in [1.165, 1.54) is 17.5 Å². The van der Waals surface area contributed by atoms with Gasteiger partial charge in [0, 0.05) is 12.8 Å². The maximum absolute atomic E-state index is 11.5. The number of hydrogen-bond donors (Lipinski definition) is 0. The Morgan fingerprint density at radius 1 is 1.12 bits per heavy atom. The van der Waals surface area contributed by atoms with E-state index < -0.39 is 0 Å². The van der Waals surface area contributed by atoms with E-state index in [-0.39, 0.29) is 5.41 Å². The molecule has 1 heteroatoms. The second-order valence-corrected chi connectivity index (χ2v) is 6.20. The fourth-order valence-electron chi connectivity index (χ4n) is 2.56. The summed E-state index contributed by atoms with van der Waals surface area (Å²) in [6, 6.07) is 8.86. The molecular weight excluding hydrogens is 208 g/mol. The van der Waals surface area contributed by atoms with E-state index in [0.29, 0.717) is 11.7 Å². The van der Waals surface area contributed by atoms with Gasteiger partial charge in [-0.25, -0.2) is 0 Å². The maximum Gasteiger partial charge on any atom is 0.133 e. The molecule has 0 amide bonds. The summed E-state index contributed by atoms with van der Waals surface area (Å²) in [6.07, 6.45) is 3.76. The SMILES string of the molecule is CC(C)(C)c1ccc([C@H]2CCCC(=O)C2)cc1. The van der Waals surface area contributed by atoms with E-state index in [0.717, 1.165) is 19.3 Å². The van der Waals surface area contributed by atoms with Crippen molar-refractivity contribution in [3.05, 3.63) is 35.4 Å². The molecule has 1 fully saturated rings. The van der Waals surface area contributed by atoms with E-state index >= 15 is 0 Å². The van der Waals surface area contributed by atoms with Crippen LogP contribution in [0.2, 0.25) is 0 Å². The van der Waals surface area contributed by atoms with Gasteiger partial charge in [-0.1, -0.05) is 45.0 Å². The molecule has 2 rings (SSSR count). The zero-order valence-electron chi connectivity index (χ0n) is 11.1. The van der Waals surface area contributed by atoms with Gasteiger partial charge in [0.25, 0.3) is 0 Å². The van der Waals surface area contributed by atoms with Crippen molar-refractivity contribution in [3.8, 4) is 0 Å². The Morgan fingerprint density at radius 3 is 2.29 bits per heavy atom. The molecular formula is C16H22O. The van der Waals surface area contributed by atoms with E-state index in [1.807, 2.05) is 0 Å². The van der Waals surface area contributed by atoms with Crippen LogP contribution in [0, 0.1) is 0 Å². The second kappa shape index (κ2) is 4.64. The summed E-state index contributed by atoms with van der Waals surface area (Å²) in [5, 5.41) is 0. The molecule has 0 saturated heterocycles. The summed E-state index contributed by atoms with van der Waals surface area (Å²) in [4.78, 5) is 11.5. The summed E-state index contributed by atoms with van der Waals surface area (Å²) in [5.41, 5.74) is 2.91. The number of carbonyl (C=O) groups is 1. The molecule has 17 heavy (non-hydrogen) atoms. The van der Waals surface area contributed by atoms with Gasteiger partial charge < -0.3 is 0 Å². The molecule has 1 saturated carbocycles. The van der Waals surface area contributed by atoms with Crippen molar-refractivity contribution in [2.75, 3.05) is 0 Å². The van der Waals surface area contributed by atoms with E-state index in [4.69, 9.17) is 0 Å². The zero-order valence-corrected chi connectivity index (χ0v) is 11.1. The minimum Gasteiger partial charge on any atom is -0.300 e. The first-order valence-electron chi connectivity index (χ1n) is 6.59. The zero-order chi connectivity index (χ0) is 12.5. The Balaban J connectivity index is 2.15. The molecule has 0 N–H and O–H groups in total. The Hall–Kier alpha value is -1.11. The summed E-state index contributed by atoms with van der Waals surface area (Å²) in [7, 11) is 0. The third-order valence-corrected chi connectivity index (χ3v) is 3.73. The topological polar surface area (TPSA) is 17.1 Å². The summed E-state index contributed by atoms with van der Waals surface area (Å²) >= 11 is 0. The van der Waals surface area contributed by atoms with Gasteiger partial charge in [-0.05, 0) is 35.3 Å². The lowest BCUT2D eigenvalue weighted by molar-refractivity contribution is -0.120. The highest BCUT2D eigenvalue weighted by molar-refractivity contribution is 5.80. The predicted molar refractivity (Wildman–Crippen MR) is 71.4 cm³/mol. The van der Waals surface area contributed by atoms with Crippen molar-refractivity contribution in [3.63, 3.8) is 0 Å². The Morgan fingerprint density at radius 2 is 1.76 bits per heavy atom. The van der Waals surface area contributed by atoms with E-state index in [2.05, 4.69) is 45.0 Å². The van der Waals surface area contributed by atoms with Gasteiger partial charge in [0.2, 0.25) is 0 Å². The average molecular weight is 230 g/mol. The van der Waals surface area contributed by atoms with Crippen molar-refractivity contribution < 1.29 is 4.79 Å². The van der Waals surface area contributed by atoms with Gasteiger partial charge in [-0.3, -0.25) is 4.79 Å². The van der Waals surface area contributed by atoms with Gasteiger partial charge in [0.1, 0.15) is 5.78 Å². The summed E-state index contributed by atoms with van der Waals surface area (Å²) < 4.78 is 0. The average Bonchev–Trinajstić information content (AvgIpc) is 2.28. The van der Waals surface area contributed by atoms with Crippen LogP contribution in [-0.2, 0) is 10.2 Å². The number of hydrogen-bond acceptors (Lipinski definition) is 1. The molecule has 1 aromatic carbocycles. The first-order chi connectivity index (χ1) is 7.97. The molecule has 1 atom stereocenters. The molecule has 92 valence electrons. The lowest BCUT2D eigenvalue weighted by Crippen LogP contribution is -2.14. The van der Waals surface area contributed by atoms with Gasteiger partial charge in [-0.15, -0.1) is 0 Å². The maximum atomic E-state index is 11.5. The number of Topliss-reactive ketones (excluding diaryl/α,β-unsaturated/α-hetero) is 1. The van der Waals surface area contributed by atoms with Crippen LogP contribution in [0.25, 0.3) is 0 Å². The van der Waals surface area contributed by atoms with E-state index in [9.17, 15) is 4.79 Å². The molecule has 0 heterocycles. The summed E-state index contributed by atoms with van der Waals surface area (Å²) in [5.74, 6) is 0.895. The highest BCUT2D eigenvalue weighted by atomic mass is 16.1. The second-order valence-electron chi connectivity index (χ2n) is 6.20. The molecule has 0 radical (unpaired) electrons. The van der Waals surface area contributed by atoms with Crippen LogP contribution in [0.4, 0.5) is 0 Å². The molecule has 1 aromatic rings. The lowest BCUT2D eigenvalue weighted by Gasteiger charge is -2.23. The van der Waals surface area contributed by atoms with Crippen molar-refractivity contribution >= 4 is 5.78 Å². The Labute approximate surface area is 104 Å². The molecule has 0 aromatic heterocycles. The number of carbonyl (C=O) groups excluding carboxylic acids is 1. The molecule has 0 unspecified atom stereocenters. The fraction of sp³-hybridized carbons (Fsp3) is 0.562. The summed E-state index contributed by atoms with van der Waals surface area (Å²) in [6.45, 7) is 6.68. The first kappa shape index (κ1) is 12.3. The monoisotopic (exact) mass is 230 g/mol. The Kier molecular flexibility index (Phi) is 3.37. The Bertz CT molecular complexity index is 395. The predicted octanol–water partition coefficient (Wildman–Crippen LogP) is 4.21. The standard InChI is InChI=1S/C16H22O/c1-16(2,3)14-9-7-12(8-10-14)13-5-4-6-15(17)11-13/h7-10,13H,4-6,11H2,1-3H3/t13-/m0/s1. The van der Waals surface area contributed by atoms with Crippen molar-refractivity contribution in [1.29, 1.82) is 0 Å². The van der Waals surface area contributed by atoms with Gasteiger partial charge in [0.15, 0.2) is 0 Å². The highest BCUT2D eigenvalue weighted by Crippen LogP contribution is 2.32. The number of rotatable bonds is 1. The fourth-order valence-corrected chi connectivity index (χ4v) is 2.56. The number of ketones is 1. The van der Waals surface area contributed by atoms with Crippen LogP contribution in [0.3, 0.4) is 0 Å². The molecule has 0 aliphatic heterocycles. The molecule has 1 aliphatic rings. The van der Waals surface area contributed by atoms with Gasteiger partial charge in [-0.2, -0.15) is 0 Å². The lowest BCUT2D eigenvalue weighted by atomic mass is 9.81. The van der Waals surface area contributed by atoms with Crippen LogP contribution in [0.15, 0.2) is 24.3 Å². The van der Waals surface area contributed by atoms with Crippen LogP contribution >= 0.6 is 0 Å². The van der Waals surface area contributed by atoms with Crippen molar-refractivity contribution in [2.24, 2.45) is 0 Å². The highest BCUT2D eigenvalue weighted by Gasteiger charge is 2.21. The smallest absolute Gasteiger partial charge is 0.133 e. The largest absolute Gasteiger partial charge is 0.300 e. The van der Waals surface area contributed by atoms with Crippen LogP contribution in [0.5, 0.6) is 0 Å². The quantitative estimate of drug-likeness (QED) is 0.706. The van der Waals surface area contributed by atoms with Crippen molar-refractivity contribution in [2.45, 2.75) is 57.8 Å². The minimum absolute atomic E-state index is 0.209. The third-order valence-electron chi connectivity index (χ3n) is 3.73. The first-order valence-corrected chi connectivity index (χ1v) is 6.59. The molecule has 1 aliphatic carbocycles. The van der Waals surface area contributed by atoms with Crippen LogP contribution in [-0.4, -0.2) is 5.78 Å².